The molecule has 0 bridgehead atoms. The van der Waals surface area contributed by atoms with Crippen molar-refractivity contribution in [3.8, 4) is 0 Å². The minimum atomic E-state index is -0.166. The van der Waals surface area contributed by atoms with Gasteiger partial charge in [0.05, 0.1) is 5.92 Å². The van der Waals surface area contributed by atoms with Gasteiger partial charge in [0.25, 0.3) is 0 Å². The van der Waals surface area contributed by atoms with Crippen LogP contribution in [0.3, 0.4) is 0 Å². The Balaban J connectivity index is 1.56. The smallest absolute Gasteiger partial charge is 0.221 e. The Morgan fingerprint density at radius 3 is 2.62 bits per heavy atom. The molecule has 2 aliphatic rings. The molecule has 2 fully saturated rings. The van der Waals surface area contributed by atoms with Crippen LogP contribution in [0.25, 0.3) is 0 Å². The molecule has 1 aromatic carbocycles. The Labute approximate surface area is 175 Å². The van der Waals surface area contributed by atoms with Gasteiger partial charge in [-0.1, -0.05) is 38.1 Å². The molecule has 3 N–H and O–H groups in total. The molecule has 160 valence electrons. The second-order valence-corrected chi connectivity index (χ2v) is 9.05. The van der Waals surface area contributed by atoms with Crippen LogP contribution in [-0.4, -0.2) is 54.9 Å². The monoisotopic (exact) mass is 399 g/mol. The molecule has 1 amide bonds. The largest absolute Gasteiger partial charge is 0.369 e. The number of rotatable bonds is 5. The molecule has 0 saturated carbocycles. The lowest BCUT2D eigenvalue weighted by Gasteiger charge is -2.37. The summed E-state index contributed by atoms with van der Waals surface area (Å²) in [5, 5.41) is 3.55. The fraction of sp³-hybridized carbons (Fsp3) is 0.652. The first kappa shape index (κ1) is 21.6. The number of nitrogens with one attached hydrogen (secondary N) is 1. The number of hydrogen-bond acceptors (Lipinski definition) is 3. The third kappa shape index (κ3) is 6.20. The summed E-state index contributed by atoms with van der Waals surface area (Å²) in [4.78, 5) is 20.8. The van der Waals surface area contributed by atoms with Gasteiger partial charge in [0.2, 0.25) is 5.91 Å². The van der Waals surface area contributed by atoms with Crippen LogP contribution in [0.15, 0.2) is 29.3 Å². The first-order chi connectivity index (χ1) is 13.9. The number of piperidine rings is 2. The lowest BCUT2D eigenvalue weighted by Crippen LogP contribution is -2.48. The summed E-state index contributed by atoms with van der Waals surface area (Å²) in [5.74, 6) is 2.23. The highest BCUT2D eigenvalue weighted by Crippen LogP contribution is 2.21. The molecule has 0 spiro atoms. The van der Waals surface area contributed by atoms with Gasteiger partial charge in [0.1, 0.15) is 0 Å². The van der Waals surface area contributed by atoms with E-state index in [-0.39, 0.29) is 11.8 Å². The van der Waals surface area contributed by atoms with Gasteiger partial charge in [-0.2, -0.15) is 0 Å². The van der Waals surface area contributed by atoms with Crippen molar-refractivity contribution in [2.75, 3.05) is 33.2 Å². The maximum Gasteiger partial charge on any atom is 0.221 e. The Bertz CT molecular complexity index is 709. The highest BCUT2D eigenvalue weighted by atomic mass is 16.1. The van der Waals surface area contributed by atoms with Crippen LogP contribution < -0.4 is 11.1 Å². The van der Waals surface area contributed by atoms with Gasteiger partial charge in [-0.25, -0.2) is 0 Å². The second kappa shape index (κ2) is 10.1. The lowest BCUT2D eigenvalue weighted by atomic mass is 9.92. The lowest BCUT2D eigenvalue weighted by molar-refractivity contribution is -0.123. The Hall–Kier alpha value is -2.08. The number of carbonyl (C=O) groups is 1. The average molecular weight is 400 g/mol. The maximum atomic E-state index is 11.5. The van der Waals surface area contributed by atoms with E-state index in [0.29, 0.717) is 11.8 Å². The minimum absolute atomic E-state index is 0.00810. The van der Waals surface area contributed by atoms with Crippen LogP contribution in [0.2, 0.25) is 0 Å². The second-order valence-electron chi connectivity index (χ2n) is 9.05. The van der Waals surface area contributed by atoms with Crippen molar-refractivity contribution in [3.05, 3.63) is 35.4 Å². The van der Waals surface area contributed by atoms with Gasteiger partial charge < -0.3 is 16.0 Å². The number of aliphatic imine (C=N–C) groups is 1. The van der Waals surface area contributed by atoms with Crippen molar-refractivity contribution in [2.24, 2.45) is 28.5 Å². The van der Waals surface area contributed by atoms with E-state index in [0.717, 1.165) is 58.1 Å². The van der Waals surface area contributed by atoms with Crippen molar-refractivity contribution in [2.45, 2.75) is 46.2 Å². The highest BCUT2D eigenvalue weighted by molar-refractivity contribution is 5.80. The van der Waals surface area contributed by atoms with Crippen LogP contribution in [0.1, 0.15) is 44.2 Å². The van der Waals surface area contributed by atoms with E-state index < -0.39 is 0 Å². The number of nitrogens with zero attached hydrogens (tertiary/aromatic N) is 3. The van der Waals surface area contributed by atoms with E-state index in [1.54, 1.807) is 0 Å². The molecule has 2 aliphatic heterocycles. The number of amides is 1. The molecule has 3 rings (SSSR count). The molecule has 1 aromatic rings. The van der Waals surface area contributed by atoms with Gasteiger partial charge in [-0.05, 0) is 48.8 Å². The molecule has 6 heteroatoms. The third-order valence-corrected chi connectivity index (χ3v) is 6.14. The van der Waals surface area contributed by atoms with Crippen molar-refractivity contribution >= 4 is 11.9 Å². The number of hydrogen-bond donors (Lipinski definition) is 2. The van der Waals surface area contributed by atoms with Crippen molar-refractivity contribution in [3.63, 3.8) is 0 Å². The number of carbonyl (C=O) groups excluding carboxylic acids is 1. The van der Waals surface area contributed by atoms with Gasteiger partial charge in [-0.15, -0.1) is 0 Å². The Kier molecular flexibility index (Phi) is 7.53. The highest BCUT2D eigenvalue weighted by Gasteiger charge is 2.25. The molecular formula is C23H37N5O. The molecule has 6 nitrogen and oxygen atoms in total. The normalized spacial score (nSPS) is 26.4. The predicted octanol–water partition coefficient (Wildman–Crippen LogP) is 2.44. The van der Waals surface area contributed by atoms with E-state index in [9.17, 15) is 4.79 Å². The summed E-state index contributed by atoms with van der Waals surface area (Å²) < 4.78 is 0. The standard InChI is InChI=1S/C23H37N5O/c1-17-10-18(2)14-28(13-17)23(25-3)26-12-19-6-4-7-20(11-19)15-27-9-5-8-21(16-27)22(24)29/h4,6-7,11,17-18,21H,5,8-10,12-16H2,1-3H3,(H2,24,29)(H,25,26). The molecule has 2 heterocycles. The number of benzene rings is 1. The van der Waals surface area contributed by atoms with Crippen LogP contribution in [0, 0.1) is 17.8 Å². The van der Waals surface area contributed by atoms with Gasteiger partial charge in [0.15, 0.2) is 5.96 Å². The maximum absolute atomic E-state index is 11.5. The zero-order chi connectivity index (χ0) is 20.8. The molecule has 29 heavy (non-hydrogen) atoms. The minimum Gasteiger partial charge on any atom is -0.369 e. The van der Waals surface area contributed by atoms with Crippen molar-refractivity contribution < 1.29 is 4.79 Å². The van der Waals surface area contributed by atoms with Crippen molar-refractivity contribution in [1.82, 2.24) is 15.1 Å². The van der Waals surface area contributed by atoms with E-state index in [2.05, 4.69) is 58.2 Å². The van der Waals surface area contributed by atoms with E-state index >= 15 is 0 Å². The predicted molar refractivity (Wildman–Crippen MR) is 118 cm³/mol. The van der Waals surface area contributed by atoms with Crippen LogP contribution in [-0.2, 0) is 17.9 Å². The van der Waals surface area contributed by atoms with Gasteiger partial charge in [-0.3, -0.25) is 14.7 Å². The Morgan fingerprint density at radius 2 is 1.93 bits per heavy atom. The van der Waals surface area contributed by atoms with E-state index in [4.69, 9.17) is 5.73 Å². The number of likely N-dealkylation sites (tertiary alicyclic amines) is 2. The SMILES string of the molecule is CN=C(NCc1cccc(CN2CCCC(C(N)=O)C2)c1)N1CC(C)CC(C)C1. The fourth-order valence-electron chi connectivity index (χ4n) is 4.88. The summed E-state index contributed by atoms with van der Waals surface area (Å²) in [6, 6.07) is 8.71. The fourth-order valence-corrected chi connectivity index (χ4v) is 4.88. The summed E-state index contributed by atoms with van der Waals surface area (Å²) in [6.45, 7) is 10.2. The van der Waals surface area contributed by atoms with Gasteiger partial charge >= 0.3 is 0 Å². The first-order valence-corrected chi connectivity index (χ1v) is 11.0. The van der Waals surface area contributed by atoms with Crippen molar-refractivity contribution in [1.29, 1.82) is 0 Å². The van der Waals surface area contributed by atoms with E-state index in [1.807, 2.05) is 7.05 Å². The molecule has 3 atom stereocenters. The van der Waals surface area contributed by atoms with Crippen LogP contribution >= 0.6 is 0 Å². The molecule has 0 aliphatic carbocycles. The quantitative estimate of drug-likeness (QED) is 0.589. The molecular weight excluding hydrogens is 362 g/mol. The summed E-state index contributed by atoms with van der Waals surface area (Å²) in [5.41, 5.74) is 8.05. The summed E-state index contributed by atoms with van der Waals surface area (Å²) >= 11 is 0. The summed E-state index contributed by atoms with van der Waals surface area (Å²) in [7, 11) is 1.87. The zero-order valence-electron chi connectivity index (χ0n) is 18.2. The van der Waals surface area contributed by atoms with E-state index in [1.165, 1.54) is 17.5 Å². The molecule has 2 saturated heterocycles. The third-order valence-electron chi connectivity index (χ3n) is 6.14. The number of guanidine groups is 1. The molecule has 3 unspecified atom stereocenters. The van der Waals surface area contributed by atoms with Gasteiger partial charge in [0, 0.05) is 39.8 Å². The van der Waals surface area contributed by atoms with Crippen LogP contribution in [0.4, 0.5) is 0 Å². The number of nitrogens with two attached hydrogens (primary N) is 1. The topological polar surface area (TPSA) is 74.0 Å². The van der Waals surface area contributed by atoms with Crippen LogP contribution in [0.5, 0.6) is 0 Å². The average Bonchev–Trinajstić information content (AvgIpc) is 2.68. The molecule has 0 radical (unpaired) electrons. The number of primary amides is 1. The molecule has 0 aromatic heterocycles. The Morgan fingerprint density at radius 1 is 1.21 bits per heavy atom. The first-order valence-electron chi connectivity index (χ1n) is 11.0. The summed E-state index contributed by atoms with van der Waals surface area (Å²) in [6.07, 6.45) is 3.25. The zero-order valence-corrected chi connectivity index (χ0v) is 18.2.